The number of fused-ring (bicyclic) bond motifs is 7. The zero-order valence-corrected chi connectivity index (χ0v) is 31.0. The van der Waals surface area contributed by atoms with Crippen LogP contribution in [0.25, 0.3) is 99.9 Å². The van der Waals surface area contributed by atoms with Crippen LogP contribution in [0.4, 0.5) is 0 Å². The summed E-state index contributed by atoms with van der Waals surface area (Å²) < 4.78 is 4.74. The van der Waals surface area contributed by atoms with Gasteiger partial charge in [0.15, 0.2) is 12.0 Å². The number of nitrogens with zero attached hydrogens (tertiary/aromatic N) is 4. The predicted octanol–water partition coefficient (Wildman–Crippen LogP) is 12.8. The minimum Gasteiger partial charge on any atom is -0.309 e. The van der Waals surface area contributed by atoms with Gasteiger partial charge in [0.2, 0.25) is 11.2 Å². The van der Waals surface area contributed by atoms with Gasteiger partial charge >= 0.3 is 0 Å². The highest BCUT2D eigenvalue weighted by Crippen LogP contribution is 2.41. The Morgan fingerprint density at radius 2 is 0.930 bits per heavy atom. The van der Waals surface area contributed by atoms with Crippen molar-refractivity contribution in [3.63, 3.8) is 0 Å². The molecule has 8 aromatic carbocycles. The lowest BCUT2D eigenvalue weighted by atomic mass is 9.93. The monoisotopic (exact) mass is 727 g/mol. The zero-order valence-electron chi connectivity index (χ0n) is 31.0. The summed E-state index contributed by atoms with van der Waals surface area (Å²) in [5.74, 6) is 0.701. The molecule has 4 heteroatoms. The minimum absolute atomic E-state index is 0.701. The van der Waals surface area contributed by atoms with Gasteiger partial charge in [-0.1, -0.05) is 146 Å². The van der Waals surface area contributed by atoms with Crippen LogP contribution in [0.1, 0.15) is 0 Å². The van der Waals surface area contributed by atoms with Crippen molar-refractivity contribution >= 4 is 43.5 Å². The molecule has 0 aliphatic rings. The van der Waals surface area contributed by atoms with Gasteiger partial charge in [-0.15, -0.1) is 0 Å². The van der Waals surface area contributed by atoms with E-state index < -0.39 is 0 Å². The van der Waals surface area contributed by atoms with Gasteiger partial charge in [-0.3, -0.25) is 0 Å². The molecule has 0 saturated heterocycles. The van der Waals surface area contributed by atoms with E-state index >= 15 is 0 Å². The van der Waals surface area contributed by atoms with E-state index in [0.717, 1.165) is 56.1 Å². The SMILES string of the molecule is c1ccc(-c2nc(-c3ccccc3)c(-c3ccc(-[n+]4cc5ccccc5c5c6c7ccccc7n(-c7ccccc7)c6ccc54)cc3)c(-c3ccccc3)n2)cc1. The Hall–Kier alpha value is -7.69. The fraction of sp³-hybridized carbons (Fsp3) is 0. The first-order valence-electron chi connectivity index (χ1n) is 19.3. The van der Waals surface area contributed by atoms with Crippen LogP contribution in [0.3, 0.4) is 0 Å². The molecule has 266 valence electrons. The number of pyridine rings is 1. The summed E-state index contributed by atoms with van der Waals surface area (Å²) in [5.41, 5.74) is 12.7. The van der Waals surface area contributed by atoms with Gasteiger partial charge in [0.25, 0.3) is 0 Å². The first kappa shape index (κ1) is 32.7. The maximum absolute atomic E-state index is 5.29. The fourth-order valence-electron chi connectivity index (χ4n) is 8.49. The lowest BCUT2D eigenvalue weighted by Crippen LogP contribution is -2.31. The molecule has 3 heterocycles. The van der Waals surface area contributed by atoms with Crippen molar-refractivity contribution < 1.29 is 4.57 Å². The average Bonchev–Trinajstić information content (AvgIpc) is 3.64. The Labute approximate surface area is 330 Å². The molecule has 0 aliphatic carbocycles. The molecule has 0 spiro atoms. The first-order chi connectivity index (χ1) is 28.3. The molecule has 0 unspecified atom stereocenters. The lowest BCUT2D eigenvalue weighted by Gasteiger charge is -2.17. The van der Waals surface area contributed by atoms with Gasteiger partial charge in [0.1, 0.15) is 0 Å². The van der Waals surface area contributed by atoms with Crippen molar-refractivity contribution in [2.75, 3.05) is 0 Å². The number of hydrogen-bond acceptors (Lipinski definition) is 2. The van der Waals surface area contributed by atoms with Crippen molar-refractivity contribution in [2.24, 2.45) is 0 Å². The Morgan fingerprint density at radius 3 is 1.58 bits per heavy atom. The van der Waals surface area contributed by atoms with Crippen LogP contribution in [-0.2, 0) is 0 Å². The van der Waals surface area contributed by atoms with E-state index in [9.17, 15) is 0 Å². The van der Waals surface area contributed by atoms with Crippen molar-refractivity contribution in [2.45, 2.75) is 0 Å². The standard InChI is InChI=1S/C53H35N4/c1-5-17-37(18-6-1)51-48(52(38-19-7-2-8-20-38)55-53(54-51)39-21-9-3-10-22-39)36-29-31-41(32-30-36)56-35-40-23-13-14-26-43(40)49-46(56)33-34-47-50(49)44-27-15-16-28-45(44)57(47)42-24-11-4-12-25-42/h1-35H/q+1. The Morgan fingerprint density at radius 1 is 0.386 bits per heavy atom. The van der Waals surface area contributed by atoms with Gasteiger partial charge < -0.3 is 4.57 Å². The molecule has 0 amide bonds. The van der Waals surface area contributed by atoms with E-state index in [2.05, 4.69) is 191 Å². The summed E-state index contributed by atoms with van der Waals surface area (Å²) in [6.45, 7) is 0. The Balaban J connectivity index is 1.15. The summed E-state index contributed by atoms with van der Waals surface area (Å²) in [6, 6.07) is 72.9. The Bertz CT molecular complexity index is 3190. The van der Waals surface area contributed by atoms with E-state index in [0.29, 0.717) is 5.82 Å². The molecule has 0 atom stereocenters. The molecule has 0 N–H and O–H groups in total. The predicted molar refractivity (Wildman–Crippen MR) is 235 cm³/mol. The maximum Gasteiger partial charge on any atom is 0.219 e. The maximum atomic E-state index is 5.29. The molecule has 0 bridgehead atoms. The second-order valence-corrected chi connectivity index (χ2v) is 14.4. The van der Waals surface area contributed by atoms with Crippen LogP contribution in [0.15, 0.2) is 212 Å². The summed E-state index contributed by atoms with van der Waals surface area (Å²) in [4.78, 5) is 10.6. The van der Waals surface area contributed by atoms with Crippen LogP contribution in [-0.4, -0.2) is 14.5 Å². The van der Waals surface area contributed by atoms with Crippen LogP contribution in [0.2, 0.25) is 0 Å². The molecular weight excluding hydrogens is 693 g/mol. The minimum atomic E-state index is 0.701. The number of hydrogen-bond donors (Lipinski definition) is 0. The summed E-state index contributed by atoms with van der Waals surface area (Å²) in [5, 5.41) is 6.15. The normalized spacial score (nSPS) is 11.5. The molecule has 11 aromatic rings. The molecule has 4 nitrogen and oxygen atoms in total. The average molecular weight is 728 g/mol. The second-order valence-electron chi connectivity index (χ2n) is 14.4. The molecule has 11 rings (SSSR count). The lowest BCUT2D eigenvalue weighted by molar-refractivity contribution is -0.565. The van der Waals surface area contributed by atoms with Gasteiger partial charge in [0, 0.05) is 67.7 Å². The van der Waals surface area contributed by atoms with Gasteiger partial charge in [-0.2, -0.15) is 4.57 Å². The number of para-hydroxylation sites is 2. The van der Waals surface area contributed by atoms with Crippen molar-refractivity contribution in [3.8, 4) is 56.4 Å². The summed E-state index contributed by atoms with van der Waals surface area (Å²) in [7, 11) is 0. The van der Waals surface area contributed by atoms with E-state index in [1.807, 2.05) is 30.3 Å². The third-order valence-electron chi connectivity index (χ3n) is 11.1. The Kier molecular flexibility index (Phi) is 7.78. The molecule has 0 saturated carbocycles. The highest BCUT2D eigenvalue weighted by atomic mass is 15.0. The van der Waals surface area contributed by atoms with Crippen LogP contribution >= 0.6 is 0 Å². The highest BCUT2D eigenvalue weighted by Gasteiger charge is 2.24. The zero-order chi connectivity index (χ0) is 37.7. The molecule has 3 aromatic heterocycles. The molecule has 0 fully saturated rings. The third-order valence-corrected chi connectivity index (χ3v) is 11.1. The van der Waals surface area contributed by atoms with Gasteiger partial charge in [-0.25, -0.2) is 9.97 Å². The summed E-state index contributed by atoms with van der Waals surface area (Å²) in [6.07, 6.45) is 2.28. The quantitative estimate of drug-likeness (QED) is 0.126. The molecular formula is C53H35N4+. The largest absolute Gasteiger partial charge is 0.309 e. The first-order valence-corrected chi connectivity index (χ1v) is 19.3. The number of rotatable bonds is 6. The van der Waals surface area contributed by atoms with E-state index in [4.69, 9.17) is 9.97 Å². The van der Waals surface area contributed by atoms with Crippen molar-refractivity contribution in [3.05, 3.63) is 212 Å². The second kappa shape index (κ2) is 13.6. The van der Waals surface area contributed by atoms with E-state index in [-0.39, 0.29) is 0 Å². The van der Waals surface area contributed by atoms with Crippen molar-refractivity contribution in [1.82, 2.24) is 14.5 Å². The van der Waals surface area contributed by atoms with E-state index in [1.165, 1.54) is 38.0 Å². The van der Waals surface area contributed by atoms with Crippen molar-refractivity contribution in [1.29, 1.82) is 0 Å². The van der Waals surface area contributed by atoms with Gasteiger partial charge in [0.05, 0.1) is 27.8 Å². The van der Waals surface area contributed by atoms with E-state index in [1.54, 1.807) is 0 Å². The van der Waals surface area contributed by atoms with Crippen LogP contribution in [0, 0.1) is 0 Å². The van der Waals surface area contributed by atoms with Crippen LogP contribution in [0.5, 0.6) is 0 Å². The number of aromatic nitrogens is 4. The molecule has 0 aliphatic heterocycles. The topological polar surface area (TPSA) is 34.6 Å². The fourth-order valence-corrected chi connectivity index (χ4v) is 8.49. The number of benzene rings is 8. The smallest absolute Gasteiger partial charge is 0.219 e. The molecule has 57 heavy (non-hydrogen) atoms. The van der Waals surface area contributed by atoms with Gasteiger partial charge in [-0.05, 0) is 48.0 Å². The van der Waals surface area contributed by atoms with Crippen LogP contribution < -0.4 is 4.57 Å². The summed E-state index contributed by atoms with van der Waals surface area (Å²) >= 11 is 0. The third kappa shape index (κ3) is 5.50. The highest BCUT2D eigenvalue weighted by molar-refractivity contribution is 6.26. The molecule has 0 radical (unpaired) electrons.